The third-order valence-electron chi connectivity index (χ3n) is 3.43. The molecule has 0 radical (unpaired) electrons. The van der Waals surface area contributed by atoms with Gasteiger partial charge in [-0.05, 0) is 48.4 Å². The molecule has 25 heavy (non-hydrogen) atoms. The van der Waals surface area contributed by atoms with Crippen LogP contribution in [0.2, 0.25) is 0 Å². The summed E-state index contributed by atoms with van der Waals surface area (Å²) in [5, 5.41) is 13.9. The zero-order valence-corrected chi connectivity index (χ0v) is 14.7. The van der Waals surface area contributed by atoms with E-state index in [0.717, 1.165) is 0 Å². The van der Waals surface area contributed by atoms with E-state index in [-0.39, 0.29) is 11.5 Å². The molecule has 0 aliphatic heterocycles. The summed E-state index contributed by atoms with van der Waals surface area (Å²) in [6.45, 7) is 7.68. The Morgan fingerprint density at radius 3 is 2.64 bits per heavy atom. The molecule has 134 valence electrons. The van der Waals surface area contributed by atoms with Crippen LogP contribution in [-0.2, 0) is 9.53 Å². The van der Waals surface area contributed by atoms with E-state index in [2.05, 4.69) is 20.8 Å². The highest BCUT2D eigenvalue weighted by Gasteiger charge is 2.22. The first-order valence-electron chi connectivity index (χ1n) is 7.93. The van der Waals surface area contributed by atoms with Crippen LogP contribution in [-0.4, -0.2) is 44.7 Å². The van der Waals surface area contributed by atoms with Gasteiger partial charge in [-0.3, -0.25) is 4.79 Å². The van der Waals surface area contributed by atoms with E-state index >= 15 is 0 Å². The van der Waals surface area contributed by atoms with Crippen molar-refractivity contribution in [2.75, 3.05) is 12.3 Å². The van der Waals surface area contributed by atoms with Crippen LogP contribution in [0, 0.1) is 12.8 Å². The van der Waals surface area contributed by atoms with Crippen molar-refractivity contribution >= 4 is 17.6 Å². The van der Waals surface area contributed by atoms with Gasteiger partial charge in [-0.15, -0.1) is 5.10 Å². The zero-order chi connectivity index (χ0) is 18.6. The predicted molar refractivity (Wildman–Crippen MR) is 91.0 cm³/mol. The van der Waals surface area contributed by atoms with Crippen LogP contribution in [0.1, 0.15) is 37.0 Å². The number of amides is 1. The van der Waals surface area contributed by atoms with Crippen LogP contribution in [0.15, 0.2) is 18.2 Å². The third-order valence-corrected chi connectivity index (χ3v) is 3.43. The van der Waals surface area contributed by atoms with Gasteiger partial charge in [0.1, 0.15) is 0 Å². The molecule has 9 nitrogen and oxygen atoms in total. The normalized spacial score (nSPS) is 12.0. The molecule has 0 bridgehead atoms. The van der Waals surface area contributed by atoms with Crippen molar-refractivity contribution in [3.8, 4) is 5.69 Å². The molecule has 1 heterocycles. The molecule has 2 rings (SSSR count). The molecule has 1 atom stereocenters. The maximum Gasteiger partial charge on any atom is 0.341 e. The predicted octanol–water partition coefficient (Wildman–Crippen LogP) is 0.870. The second kappa shape index (κ2) is 7.73. The van der Waals surface area contributed by atoms with E-state index < -0.39 is 12.1 Å². The number of nitrogens with zero attached hydrogens (tertiary/aromatic N) is 4. The number of rotatable bonds is 6. The second-order valence-electron chi connectivity index (χ2n) is 6.10. The van der Waals surface area contributed by atoms with Crippen molar-refractivity contribution in [1.82, 2.24) is 25.5 Å². The number of nitrogens with one attached hydrogen (secondary N) is 1. The molecule has 0 aliphatic carbocycles. The van der Waals surface area contributed by atoms with E-state index in [9.17, 15) is 9.59 Å². The Labute approximate surface area is 145 Å². The largest absolute Gasteiger partial charge is 0.449 e. The molecule has 0 spiro atoms. The standard InChI is InChI=1S/C16H22N6O3/c1-9(2)8-18-15(23)10(3)25-16(24)13-6-5-12(17)7-14(13)22-11(4)19-20-21-22/h5-7,9-10H,8,17H2,1-4H3,(H,18,23)/t10-/m0/s1. The molecule has 1 aromatic heterocycles. The summed E-state index contributed by atoms with van der Waals surface area (Å²) in [5.41, 5.74) is 6.86. The summed E-state index contributed by atoms with van der Waals surface area (Å²) in [6, 6.07) is 4.67. The Morgan fingerprint density at radius 2 is 2.04 bits per heavy atom. The minimum absolute atomic E-state index is 0.216. The van der Waals surface area contributed by atoms with E-state index in [1.165, 1.54) is 17.7 Å². The van der Waals surface area contributed by atoms with Crippen LogP contribution in [0.4, 0.5) is 5.69 Å². The first-order valence-corrected chi connectivity index (χ1v) is 7.93. The number of carbonyl (C=O) groups is 2. The van der Waals surface area contributed by atoms with Crippen LogP contribution < -0.4 is 11.1 Å². The van der Waals surface area contributed by atoms with Gasteiger partial charge in [-0.2, -0.15) is 4.68 Å². The molecule has 0 saturated carbocycles. The van der Waals surface area contributed by atoms with Crippen LogP contribution >= 0.6 is 0 Å². The van der Waals surface area contributed by atoms with E-state index in [4.69, 9.17) is 10.5 Å². The average Bonchev–Trinajstić information content (AvgIpc) is 2.98. The Morgan fingerprint density at radius 1 is 1.32 bits per heavy atom. The lowest BCUT2D eigenvalue weighted by Crippen LogP contribution is -2.37. The lowest BCUT2D eigenvalue weighted by atomic mass is 10.1. The topological polar surface area (TPSA) is 125 Å². The molecule has 0 unspecified atom stereocenters. The SMILES string of the molecule is Cc1nnnn1-c1cc(N)ccc1C(=O)O[C@@H](C)C(=O)NCC(C)C. The number of hydrogen-bond donors (Lipinski definition) is 2. The average molecular weight is 346 g/mol. The quantitative estimate of drug-likeness (QED) is 0.587. The fourth-order valence-electron chi connectivity index (χ4n) is 2.08. The van der Waals surface area contributed by atoms with Crippen molar-refractivity contribution in [2.24, 2.45) is 5.92 Å². The van der Waals surface area contributed by atoms with Gasteiger partial charge in [-0.25, -0.2) is 4.79 Å². The summed E-state index contributed by atoms with van der Waals surface area (Å²) in [4.78, 5) is 24.5. The summed E-state index contributed by atoms with van der Waals surface area (Å²) in [7, 11) is 0. The Kier molecular flexibility index (Phi) is 5.68. The fourth-order valence-corrected chi connectivity index (χ4v) is 2.08. The highest BCUT2D eigenvalue weighted by atomic mass is 16.5. The number of anilines is 1. The first kappa shape index (κ1) is 18.4. The number of nitrogens with two attached hydrogens (primary N) is 1. The van der Waals surface area contributed by atoms with Gasteiger partial charge in [0.15, 0.2) is 11.9 Å². The van der Waals surface area contributed by atoms with Crippen molar-refractivity contribution in [3.05, 3.63) is 29.6 Å². The minimum Gasteiger partial charge on any atom is -0.449 e. The van der Waals surface area contributed by atoms with Gasteiger partial charge in [0.25, 0.3) is 5.91 Å². The van der Waals surface area contributed by atoms with Gasteiger partial charge < -0.3 is 15.8 Å². The van der Waals surface area contributed by atoms with Crippen molar-refractivity contribution < 1.29 is 14.3 Å². The van der Waals surface area contributed by atoms with Crippen molar-refractivity contribution in [3.63, 3.8) is 0 Å². The fraction of sp³-hybridized carbons (Fsp3) is 0.438. The molecule has 2 aromatic rings. The van der Waals surface area contributed by atoms with Crippen LogP contribution in [0.3, 0.4) is 0 Å². The number of carbonyl (C=O) groups excluding carboxylic acids is 2. The van der Waals surface area contributed by atoms with Gasteiger partial charge >= 0.3 is 5.97 Å². The maximum atomic E-state index is 12.5. The van der Waals surface area contributed by atoms with Crippen LogP contribution in [0.25, 0.3) is 5.69 Å². The molecular weight excluding hydrogens is 324 g/mol. The number of tetrazole rings is 1. The lowest BCUT2D eigenvalue weighted by molar-refractivity contribution is -0.129. The number of hydrogen-bond acceptors (Lipinski definition) is 7. The molecule has 9 heteroatoms. The minimum atomic E-state index is -0.924. The van der Waals surface area contributed by atoms with Gasteiger partial charge in [0, 0.05) is 12.2 Å². The molecule has 0 fully saturated rings. The highest BCUT2D eigenvalue weighted by Crippen LogP contribution is 2.20. The molecule has 0 aliphatic rings. The van der Waals surface area contributed by atoms with E-state index in [1.54, 1.807) is 19.1 Å². The summed E-state index contributed by atoms with van der Waals surface area (Å²) < 4.78 is 6.66. The number of benzene rings is 1. The molecule has 3 N–H and O–H groups in total. The number of aryl methyl sites for hydroxylation is 1. The monoisotopic (exact) mass is 346 g/mol. The van der Waals surface area contributed by atoms with Gasteiger partial charge in [0.2, 0.25) is 0 Å². The molecule has 1 aromatic carbocycles. The number of aromatic nitrogens is 4. The Balaban J connectivity index is 2.20. The lowest BCUT2D eigenvalue weighted by Gasteiger charge is -2.16. The van der Waals surface area contributed by atoms with Gasteiger partial charge in [-0.1, -0.05) is 13.8 Å². The Bertz CT molecular complexity index is 771. The summed E-state index contributed by atoms with van der Waals surface area (Å²) in [5.74, 6) is -0.213. The number of esters is 1. The van der Waals surface area contributed by atoms with Crippen LogP contribution in [0.5, 0.6) is 0 Å². The first-order chi connectivity index (χ1) is 11.8. The molecular formula is C16H22N6O3. The maximum absolute atomic E-state index is 12.5. The molecule has 1 amide bonds. The van der Waals surface area contributed by atoms with E-state index in [0.29, 0.717) is 29.7 Å². The summed E-state index contributed by atoms with van der Waals surface area (Å²) in [6.07, 6.45) is -0.924. The molecule has 0 saturated heterocycles. The van der Waals surface area contributed by atoms with Gasteiger partial charge in [0.05, 0.1) is 11.3 Å². The second-order valence-corrected chi connectivity index (χ2v) is 6.10. The Hall–Kier alpha value is -2.97. The summed E-state index contributed by atoms with van der Waals surface area (Å²) >= 11 is 0. The number of ether oxygens (including phenoxy) is 1. The third kappa shape index (κ3) is 4.52. The van der Waals surface area contributed by atoms with Crippen molar-refractivity contribution in [1.29, 1.82) is 0 Å². The number of nitrogen functional groups attached to an aromatic ring is 1. The zero-order valence-electron chi connectivity index (χ0n) is 14.7. The smallest absolute Gasteiger partial charge is 0.341 e. The van der Waals surface area contributed by atoms with Crippen molar-refractivity contribution in [2.45, 2.75) is 33.8 Å². The van der Waals surface area contributed by atoms with E-state index in [1.807, 2.05) is 13.8 Å². The highest BCUT2D eigenvalue weighted by molar-refractivity contribution is 5.96.